The number of thiazole rings is 1. The Morgan fingerprint density at radius 3 is 2.64 bits per heavy atom. The van der Waals surface area contributed by atoms with Gasteiger partial charge in [0, 0.05) is 21.8 Å². The number of aryl methyl sites for hydroxylation is 2. The molecule has 3 rings (SSSR count). The first kappa shape index (κ1) is 16.7. The number of anilines is 2. The van der Waals surface area contributed by atoms with Crippen LogP contribution in [0, 0.1) is 25.2 Å². The van der Waals surface area contributed by atoms with Crippen LogP contribution in [0.5, 0.6) is 5.75 Å². The number of rotatable bonds is 4. The van der Waals surface area contributed by atoms with E-state index in [-0.39, 0.29) is 11.1 Å². The zero-order chi connectivity index (χ0) is 18.0. The van der Waals surface area contributed by atoms with Gasteiger partial charge in [-0.3, -0.25) is 4.79 Å². The van der Waals surface area contributed by atoms with E-state index in [1.165, 1.54) is 11.3 Å². The number of nitrogens with one attached hydrogen (secondary N) is 2. The summed E-state index contributed by atoms with van der Waals surface area (Å²) in [4.78, 5) is 20.1. The van der Waals surface area contributed by atoms with Gasteiger partial charge in [0.1, 0.15) is 17.4 Å². The lowest BCUT2D eigenvalue weighted by Crippen LogP contribution is -2.12. The summed E-state index contributed by atoms with van der Waals surface area (Å²) in [6, 6.07) is 11.1. The third-order valence-corrected chi connectivity index (χ3v) is 4.64. The highest BCUT2D eigenvalue weighted by atomic mass is 32.1. The van der Waals surface area contributed by atoms with Crippen LogP contribution in [0.2, 0.25) is 0 Å². The van der Waals surface area contributed by atoms with E-state index >= 15 is 0 Å². The van der Waals surface area contributed by atoms with Gasteiger partial charge in [0.25, 0.3) is 5.56 Å². The molecule has 25 heavy (non-hydrogen) atoms. The molecule has 0 amide bonds. The quantitative estimate of drug-likeness (QED) is 0.746. The van der Waals surface area contributed by atoms with Crippen LogP contribution in [0.25, 0.3) is 11.3 Å². The summed E-state index contributed by atoms with van der Waals surface area (Å²) in [5.41, 5.74) is 2.80. The number of pyridine rings is 1. The van der Waals surface area contributed by atoms with Crippen LogP contribution in [0.15, 0.2) is 35.1 Å². The Bertz CT molecular complexity index is 1010. The molecule has 7 heteroatoms. The highest BCUT2D eigenvalue weighted by Crippen LogP contribution is 2.33. The van der Waals surface area contributed by atoms with E-state index in [0.717, 1.165) is 32.7 Å². The first-order chi connectivity index (χ1) is 12.0. The number of nitriles is 1. The molecule has 0 atom stereocenters. The van der Waals surface area contributed by atoms with E-state index in [0.29, 0.717) is 5.69 Å². The Kier molecular flexibility index (Phi) is 4.55. The first-order valence-corrected chi connectivity index (χ1v) is 8.36. The smallest absolute Gasteiger partial charge is 0.266 e. The van der Waals surface area contributed by atoms with Gasteiger partial charge >= 0.3 is 0 Å². The number of ether oxygens (including phenoxy) is 1. The van der Waals surface area contributed by atoms with Gasteiger partial charge < -0.3 is 15.0 Å². The molecule has 2 aromatic heterocycles. The summed E-state index contributed by atoms with van der Waals surface area (Å²) in [5, 5.41) is 13.1. The van der Waals surface area contributed by atoms with Crippen molar-refractivity contribution in [2.24, 2.45) is 0 Å². The van der Waals surface area contributed by atoms with Crippen molar-refractivity contribution in [1.29, 1.82) is 5.26 Å². The molecule has 0 aliphatic heterocycles. The van der Waals surface area contributed by atoms with Gasteiger partial charge in [-0.15, -0.1) is 11.3 Å². The zero-order valence-electron chi connectivity index (χ0n) is 14.0. The molecule has 3 aromatic rings. The van der Waals surface area contributed by atoms with E-state index < -0.39 is 0 Å². The monoisotopic (exact) mass is 352 g/mol. The van der Waals surface area contributed by atoms with Crippen molar-refractivity contribution in [2.75, 3.05) is 12.4 Å². The van der Waals surface area contributed by atoms with Crippen LogP contribution in [0.4, 0.5) is 10.8 Å². The topological polar surface area (TPSA) is 90.8 Å². The third-order valence-electron chi connectivity index (χ3n) is 3.75. The summed E-state index contributed by atoms with van der Waals surface area (Å²) in [6.07, 6.45) is 0. The molecule has 0 aliphatic rings. The Morgan fingerprint density at radius 1 is 1.28 bits per heavy atom. The Hall–Kier alpha value is -3.11. The minimum atomic E-state index is -0.381. The normalized spacial score (nSPS) is 10.3. The molecule has 0 saturated heterocycles. The Morgan fingerprint density at radius 2 is 2.00 bits per heavy atom. The van der Waals surface area contributed by atoms with Crippen molar-refractivity contribution in [3.05, 3.63) is 56.8 Å². The molecule has 0 saturated carbocycles. The molecule has 126 valence electrons. The molecule has 0 bridgehead atoms. The number of benzene rings is 1. The SMILES string of the molecule is COc1ccc(Nc2nc(-c3cc(C#N)c(=O)[nH]c3C)c(C)s2)cc1. The number of aromatic nitrogens is 2. The highest BCUT2D eigenvalue weighted by Gasteiger charge is 2.15. The van der Waals surface area contributed by atoms with E-state index in [4.69, 9.17) is 10.00 Å². The minimum Gasteiger partial charge on any atom is -0.497 e. The van der Waals surface area contributed by atoms with Crippen molar-refractivity contribution in [1.82, 2.24) is 9.97 Å². The summed E-state index contributed by atoms with van der Waals surface area (Å²) in [5.74, 6) is 0.787. The van der Waals surface area contributed by atoms with Gasteiger partial charge in [-0.1, -0.05) is 0 Å². The minimum absolute atomic E-state index is 0.0812. The van der Waals surface area contributed by atoms with Crippen LogP contribution >= 0.6 is 11.3 Å². The standard InChI is InChI=1S/C18H16N4O2S/c1-10-15(8-12(9-19)17(23)20-10)16-11(2)25-18(22-16)21-13-4-6-14(24-3)7-5-13/h4-8H,1-3H3,(H,20,23)(H,21,22). The molecule has 1 aromatic carbocycles. The fraction of sp³-hybridized carbons (Fsp3) is 0.167. The second-order valence-corrected chi connectivity index (χ2v) is 6.64. The zero-order valence-corrected chi connectivity index (χ0v) is 14.8. The Balaban J connectivity index is 1.95. The molecule has 0 unspecified atom stereocenters. The lowest BCUT2D eigenvalue weighted by molar-refractivity contribution is 0.415. The lowest BCUT2D eigenvalue weighted by Gasteiger charge is -2.05. The molecule has 0 aliphatic carbocycles. The predicted molar refractivity (Wildman–Crippen MR) is 98.6 cm³/mol. The van der Waals surface area contributed by atoms with E-state index in [2.05, 4.69) is 15.3 Å². The van der Waals surface area contributed by atoms with Crippen LogP contribution in [-0.2, 0) is 0 Å². The number of methoxy groups -OCH3 is 1. The van der Waals surface area contributed by atoms with Gasteiger partial charge in [-0.25, -0.2) is 4.98 Å². The Labute approximate surface area is 148 Å². The number of hydrogen-bond donors (Lipinski definition) is 2. The lowest BCUT2D eigenvalue weighted by atomic mass is 10.1. The van der Waals surface area contributed by atoms with Crippen LogP contribution in [-0.4, -0.2) is 17.1 Å². The number of aromatic amines is 1. The second kappa shape index (κ2) is 6.79. The van der Waals surface area contributed by atoms with E-state index in [9.17, 15) is 4.79 Å². The van der Waals surface area contributed by atoms with Crippen LogP contribution in [0.3, 0.4) is 0 Å². The van der Waals surface area contributed by atoms with Crippen LogP contribution < -0.4 is 15.6 Å². The molecule has 0 fully saturated rings. The fourth-order valence-corrected chi connectivity index (χ4v) is 3.30. The molecule has 2 N–H and O–H groups in total. The predicted octanol–water partition coefficient (Wildman–Crippen LogP) is 3.74. The van der Waals surface area contributed by atoms with Gasteiger partial charge in [-0.05, 0) is 44.2 Å². The van der Waals surface area contributed by atoms with Crippen molar-refractivity contribution < 1.29 is 4.74 Å². The van der Waals surface area contributed by atoms with Gasteiger partial charge in [0.15, 0.2) is 5.13 Å². The number of nitrogens with zero attached hydrogens (tertiary/aromatic N) is 2. The third kappa shape index (κ3) is 3.39. The molecular formula is C18H16N4O2S. The molecule has 6 nitrogen and oxygen atoms in total. The van der Waals surface area contributed by atoms with Crippen molar-refractivity contribution in [2.45, 2.75) is 13.8 Å². The van der Waals surface area contributed by atoms with Gasteiger partial charge in [-0.2, -0.15) is 5.26 Å². The van der Waals surface area contributed by atoms with Crippen molar-refractivity contribution in [3.8, 4) is 23.1 Å². The van der Waals surface area contributed by atoms with E-state index in [1.807, 2.05) is 37.3 Å². The van der Waals surface area contributed by atoms with Crippen molar-refractivity contribution >= 4 is 22.2 Å². The molecule has 2 heterocycles. The average molecular weight is 352 g/mol. The van der Waals surface area contributed by atoms with Gasteiger partial charge in [0.05, 0.1) is 12.8 Å². The van der Waals surface area contributed by atoms with Crippen LogP contribution in [0.1, 0.15) is 16.1 Å². The van der Waals surface area contributed by atoms with Gasteiger partial charge in [0.2, 0.25) is 0 Å². The largest absolute Gasteiger partial charge is 0.497 e. The van der Waals surface area contributed by atoms with Crippen molar-refractivity contribution in [3.63, 3.8) is 0 Å². The number of hydrogen-bond acceptors (Lipinski definition) is 6. The molecule has 0 spiro atoms. The van der Waals surface area contributed by atoms with E-state index in [1.54, 1.807) is 20.1 Å². The summed E-state index contributed by atoms with van der Waals surface area (Å²) < 4.78 is 5.15. The fourth-order valence-electron chi connectivity index (χ4n) is 2.45. The average Bonchev–Trinajstić information content (AvgIpc) is 2.96. The maximum absolute atomic E-state index is 11.7. The summed E-state index contributed by atoms with van der Waals surface area (Å²) >= 11 is 1.51. The summed E-state index contributed by atoms with van der Waals surface area (Å²) in [7, 11) is 1.63. The first-order valence-electron chi connectivity index (χ1n) is 7.54. The molecule has 0 radical (unpaired) electrons. The second-order valence-electron chi connectivity index (χ2n) is 5.44. The number of H-pyrrole nitrogens is 1. The maximum Gasteiger partial charge on any atom is 0.266 e. The molecular weight excluding hydrogens is 336 g/mol. The maximum atomic E-state index is 11.7. The highest BCUT2D eigenvalue weighted by molar-refractivity contribution is 7.16. The summed E-state index contributed by atoms with van der Waals surface area (Å²) in [6.45, 7) is 3.76.